The van der Waals surface area contributed by atoms with Gasteiger partial charge in [0.25, 0.3) is 8.32 Å². The number of rotatable bonds is 14. The van der Waals surface area contributed by atoms with Crippen LogP contribution < -0.4 is 26.2 Å². The van der Waals surface area contributed by atoms with E-state index >= 15 is 0 Å². The number of hydrogen-bond donors (Lipinski definition) is 2. The second kappa shape index (κ2) is 14.9. The summed E-state index contributed by atoms with van der Waals surface area (Å²) >= 11 is 6.18. The van der Waals surface area contributed by atoms with Crippen LogP contribution in [-0.2, 0) is 16.9 Å². The third-order valence-corrected chi connectivity index (χ3v) is 14.1. The maximum Gasteiger partial charge on any atom is 0.261 e. The standard InChI is InChI=1S/C37H47ClN6O2Si/c1-7-14-29(21-22-46-47(37(3,4)5,30-15-10-8-11-16-30)31-17-12-9-13-18-31)40-35-34-33(41-36(39)42-35)26(2)43-44(34)25-28-23-27(24-38)19-20-32(28)45-6/h8-13,15-20,23,29H,7,14,21-22,24-25H2,1-6H3,(H3,39,40,41,42). The third-order valence-electron chi connectivity index (χ3n) is 8.77. The summed E-state index contributed by atoms with van der Waals surface area (Å²) in [5, 5.41) is 11.1. The minimum atomic E-state index is -2.66. The Morgan fingerprint density at radius 1 is 0.957 bits per heavy atom. The van der Waals surface area contributed by atoms with E-state index in [1.54, 1.807) is 7.11 Å². The SMILES string of the molecule is CCCC(CCO[Si](c1ccccc1)(c1ccccc1)C(C)(C)C)Nc1nc(N)nc2c(C)nn(Cc3cc(CCl)ccc3OC)c12. The van der Waals surface area contributed by atoms with E-state index in [9.17, 15) is 0 Å². The van der Waals surface area contributed by atoms with Crippen LogP contribution in [0.1, 0.15) is 63.8 Å². The number of alkyl halides is 1. The van der Waals surface area contributed by atoms with Gasteiger partial charge in [-0.3, -0.25) is 4.68 Å². The quantitative estimate of drug-likeness (QED) is 0.0964. The molecule has 0 radical (unpaired) electrons. The van der Waals surface area contributed by atoms with Crippen molar-refractivity contribution < 1.29 is 9.16 Å². The number of benzene rings is 3. The molecular formula is C37H47ClN6O2Si. The van der Waals surface area contributed by atoms with Crippen LogP contribution in [0.2, 0.25) is 5.04 Å². The molecule has 2 aromatic heterocycles. The molecule has 3 N–H and O–H groups in total. The molecule has 0 aliphatic heterocycles. The van der Waals surface area contributed by atoms with Gasteiger partial charge in [0.15, 0.2) is 5.82 Å². The van der Waals surface area contributed by atoms with Crippen LogP contribution in [0.3, 0.4) is 0 Å². The number of ether oxygens (including phenoxy) is 1. The van der Waals surface area contributed by atoms with E-state index in [4.69, 9.17) is 36.6 Å². The minimum Gasteiger partial charge on any atom is -0.496 e. The summed E-state index contributed by atoms with van der Waals surface area (Å²) in [6, 6.07) is 27.6. The van der Waals surface area contributed by atoms with Gasteiger partial charge in [-0.1, -0.05) is 101 Å². The van der Waals surface area contributed by atoms with Crippen LogP contribution >= 0.6 is 11.6 Å². The molecule has 5 rings (SSSR count). The molecule has 5 aromatic rings. The predicted octanol–water partition coefficient (Wildman–Crippen LogP) is 7.06. The van der Waals surface area contributed by atoms with Gasteiger partial charge < -0.3 is 20.2 Å². The molecule has 0 amide bonds. The Morgan fingerprint density at radius 3 is 2.19 bits per heavy atom. The Kier molecular flexibility index (Phi) is 10.9. The number of aryl methyl sites for hydroxylation is 1. The topological polar surface area (TPSA) is 100 Å². The fourth-order valence-corrected chi connectivity index (χ4v) is 11.4. The molecule has 0 fully saturated rings. The number of halogens is 1. The first kappa shape index (κ1) is 34.4. The van der Waals surface area contributed by atoms with Crippen molar-refractivity contribution in [2.45, 2.75) is 77.4 Å². The molecule has 0 aliphatic carbocycles. The minimum absolute atomic E-state index is 0.0912. The van der Waals surface area contributed by atoms with Gasteiger partial charge in [-0.2, -0.15) is 10.1 Å². The number of aromatic nitrogens is 4. The lowest BCUT2D eigenvalue weighted by atomic mass is 10.1. The normalized spacial score (nSPS) is 12.7. The molecule has 0 aliphatic rings. The fourth-order valence-electron chi connectivity index (χ4n) is 6.61. The van der Waals surface area contributed by atoms with E-state index in [0.29, 0.717) is 24.8 Å². The maximum atomic E-state index is 7.25. The van der Waals surface area contributed by atoms with Crippen molar-refractivity contribution in [3.05, 3.63) is 95.7 Å². The first-order valence-corrected chi connectivity index (χ1v) is 18.8. The monoisotopic (exact) mass is 670 g/mol. The van der Waals surface area contributed by atoms with Crippen molar-refractivity contribution in [3.63, 3.8) is 0 Å². The van der Waals surface area contributed by atoms with Crippen molar-refractivity contribution in [3.8, 4) is 5.75 Å². The molecule has 1 unspecified atom stereocenters. The lowest BCUT2D eigenvalue weighted by molar-refractivity contribution is 0.281. The molecular weight excluding hydrogens is 624 g/mol. The van der Waals surface area contributed by atoms with Crippen molar-refractivity contribution in [2.24, 2.45) is 0 Å². The van der Waals surface area contributed by atoms with E-state index in [1.807, 2.05) is 23.7 Å². The Morgan fingerprint density at radius 2 is 1.62 bits per heavy atom. The number of methoxy groups -OCH3 is 1. The van der Waals surface area contributed by atoms with Crippen LogP contribution in [0.4, 0.5) is 11.8 Å². The number of anilines is 2. The van der Waals surface area contributed by atoms with Crippen LogP contribution in [-0.4, -0.2) is 47.8 Å². The molecule has 2 heterocycles. The Labute approximate surface area is 284 Å². The highest BCUT2D eigenvalue weighted by atomic mass is 35.5. The van der Waals surface area contributed by atoms with Crippen LogP contribution in [0.5, 0.6) is 5.75 Å². The number of fused-ring (bicyclic) bond motifs is 1. The Bertz CT molecular complexity index is 1740. The van der Waals surface area contributed by atoms with Crippen molar-refractivity contribution >= 4 is 53.1 Å². The third kappa shape index (κ3) is 7.32. The van der Waals surface area contributed by atoms with Crippen LogP contribution in [0.15, 0.2) is 78.9 Å². The van der Waals surface area contributed by atoms with E-state index in [2.05, 4.69) is 105 Å². The highest BCUT2D eigenvalue weighted by Gasteiger charge is 2.50. The first-order valence-electron chi connectivity index (χ1n) is 16.3. The van der Waals surface area contributed by atoms with Crippen molar-refractivity contribution in [1.82, 2.24) is 19.7 Å². The average molecular weight is 671 g/mol. The molecule has 3 aromatic carbocycles. The summed E-state index contributed by atoms with van der Waals surface area (Å²) in [4.78, 5) is 9.31. The second-order valence-corrected chi connectivity index (χ2v) is 17.7. The largest absolute Gasteiger partial charge is 0.496 e. The molecule has 0 saturated carbocycles. The fraction of sp³-hybridized carbons (Fsp3) is 0.378. The molecule has 10 heteroatoms. The molecule has 0 bridgehead atoms. The van der Waals surface area contributed by atoms with Gasteiger partial charge in [0.05, 0.1) is 19.3 Å². The zero-order chi connectivity index (χ0) is 33.6. The van der Waals surface area contributed by atoms with Gasteiger partial charge in [-0.15, -0.1) is 11.6 Å². The zero-order valence-corrected chi connectivity index (χ0v) is 30.1. The highest BCUT2D eigenvalue weighted by Crippen LogP contribution is 2.37. The zero-order valence-electron chi connectivity index (χ0n) is 28.4. The van der Waals surface area contributed by atoms with E-state index in [1.165, 1.54) is 10.4 Å². The van der Waals surface area contributed by atoms with Crippen LogP contribution in [0.25, 0.3) is 11.0 Å². The van der Waals surface area contributed by atoms with Gasteiger partial charge in [0, 0.05) is 24.1 Å². The number of nitrogens with two attached hydrogens (primary N) is 1. The van der Waals surface area contributed by atoms with Gasteiger partial charge >= 0.3 is 0 Å². The molecule has 0 saturated heterocycles. The summed E-state index contributed by atoms with van der Waals surface area (Å²) in [6.07, 6.45) is 2.73. The van der Waals surface area contributed by atoms with Crippen LogP contribution in [0, 0.1) is 6.92 Å². The van der Waals surface area contributed by atoms with E-state index in [-0.39, 0.29) is 17.0 Å². The van der Waals surface area contributed by atoms with E-state index < -0.39 is 8.32 Å². The number of nitrogens with zero attached hydrogens (tertiary/aromatic N) is 4. The average Bonchev–Trinajstić information content (AvgIpc) is 3.37. The number of nitrogen functional groups attached to an aromatic ring is 1. The van der Waals surface area contributed by atoms with Gasteiger partial charge in [0.2, 0.25) is 5.95 Å². The van der Waals surface area contributed by atoms with Gasteiger partial charge in [0.1, 0.15) is 16.8 Å². The number of hydrogen-bond acceptors (Lipinski definition) is 7. The Balaban J connectivity index is 1.47. The predicted molar refractivity (Wildman–Crippen MR) is 197 cm³/mol. The molecule has 248 valence electrons. The highest BCUT2D eigenvalue weighted by molar-refractivity contribution is 6.99. The lowest BCUT2D eigenvalue weighted by Gasteiger charge is -2.43. The van der Waals surface area contributed by atoms with E-state index in [0.717, 1.165) is 52.9 Å². The lowest BCUT2D eigenvalue weighted by Crippen LogP contribution is -2.66. The molecule has 47 heavy (non-hydrogen) atoms. The van der Waals surface area contributed by atoms with Crippen molar-refractivity contribution in [1.29, 1.82) is 0 Å². The summed E-state index contributed by atoms with van der Waals surface area (Å²) in [7, 11) is -0.985. The summed E-state index contributed by atoms with van der Waals surface area (Å²) in [5.41, 5.74) is 10.6. The van der Waals surface area contributed by atoms with Gasteiger partial charge in [-0.25, -0.2) is 4.98 Å². The summed E-state index contributed by atoms with van der Waals surface area (Å²) < 4.78 is 14.9. The molecule has 0 spiro atoms. The summed E-state index contributed by atoms with van der Waals surface area (Å²) in [6.45, 7) is 12.1. The first-order chi connectivity index (χ1) is 22.6. The number of nitrogens with one attached hydrogen (secondary N) is 1. The summed E-state index contributed by atoms with van der Waals surface area (Å²) in [5.74, 6) is 2.07. The Hall–Kier alpha value is -3.92. The molecule has 8 nitrogen and oxygen atoms in total. The van der Waals surface area contributed by atoms with Crippen molar-refractivity contribution in [2.75, 3.05) is 24.8 Å². The second-order valence-electron chi connectivity index (χ2n) is 13.1. The molecule has 1 atom stereocenters. The van der Waals surface area contributed by atoms with Gasteiger partial charge in [-0.05, 0) is 52.9 Å². The maximum absolute atomic E-state index is 7.25. The smallest absolute Gasteiger partial charge is 0.261 e.